The molecule has 2 rings (SSSR count). The molecule has 1 aromatic heterocycles. The van der Waals surface area contributed by atoms with Crippen molar-refractivity contribution in [3.63, 3.8) is 0 Å². The van der Waals surface area contributed by atoms with E-state index in [0.29, 0.717) is 0 Å². The van der Waals surface area contributed by atoms with E-state index >= 15 is 0 Å². The molecule has 2 heteroatoms. The van der Waals surface area contributed by atoms with Gasteiger partial charge in [-0.25, -0.2) is 0 Å². The predicted octanol–water partition coefficient (Wildman–Crippen LogP) is 4.43. The Morgan fingerprint density at radius 2 is 1.81 bits per heavy atom. The van der Waals surface area contributed by atoms with Crippen molar-refractivity contribution in [2.75, 3.05) is 0 Å². The van der Waals surface area contributed by atoms with Crippen LogP contribution in [0.5, 0.6) is 0 Å². The lowest BCUT2D eigenvalue weighted by Gasteiger charge is -2.24. The Hall–Kier alpha value is -1.15. The molecular formula is C14H17NS. The molecule has 0 saturated heterocycles. The number of aryl methyl sites for hydroxylation is 1. The van der Waals surface area contributed by atoms with Crippen LogP contribution >= 0.6 is 12.2 Å². The molecule has 16 heavy (non-hydrogen) atoms. The van der Waals surface area contributed by atoms with E-state index in [2.05, 4.69) is 62.7 Å². The lowest BCUT2D eigenvalue weighted by Crippen LogP contribution is -2.22. The quantitative estimate of drug-likeness (QED) is 0.607. The molecule has 0 saturated carbocycles. The van der Waals surface area contributed by atoms with Gasteiger partial charge in [0.25, 0.3) is 0 Å². The Bertz CT molecular complexity index is 588. The highest BCUT2D eigenvalue weighted by Crippen LogP contribution is 2.22. The SMILES string of the molecule is Cc1ccc2c(=S)n(C(C)(C)C)ccc2c1. The number of fused-ring (bicyclic) bond motifs is 1. The first kappa shape index (κ1) is 11.3. The average molecular weight is 231 g/mol. The summed E-state index contributed by atoms with van der Waals surface area (Å²) in [5, 5.41) is 2.39. The van der Waals surface area contributed by atoms with Crippen LogP contribution in [0.4, 0.5) is 0 Å². The third kappa shape index (κ3) is 1.90. The van der Waals surface area contributed by atoms with Crippen LogP contribution in [0, 0.1) is 11.6 Å². The fourth-order valence-corrected chi connectivity index (χ4v) is 2.42. The maximum absolute atomic E-state index is 5.55. The molecule has 2 aromatic rings. The summed E-state index contributed by atoms with van der Waals surface area (Å²) in [6, 6.07) is 8.56. The summed E-state index contributed by atoms with van der Waals surface area (Å²) in [7, 11) is 0. The monoisotopic (exact) mass is 231 g/mol. The molecule has 0 spiro atoms. The molecule has 1 nitrogen and oxygen atoms in total. The smallest absolute Gasteiger partial charge is 0.114 e. The minimum atomic E-state index is 0.0379. The maximum atomic E-state index is 5.55. The van der Waals surface area contributed by atoms with Gasteiger partial charge in [-0.15, -0.1) is 0 Å². The number of aromatic nitrogens is 1. The van der Waals surface area contributed by atoms with Gasteiger partial charge in [0.1, 0.15) is 4.64 Å². The van der Waals surface area contributed by atoms with Crippen LogP contribution < -0.4 is 0 Å². The minimum Gasteiger partial charge on any atom is -0.333 e. The van der Waals surface area contributed by atoms with Crippen molar-refractivity contribution in [3.8, 4) is 0 Å². The van der Waals surface area contributed by atoms with Gasteiger partial charge in [-0.1, -0.05) is 36.0 Å². The van der Waals surface area contributed by atoms with Gasteiger partial charge < -0.3 is 4.57 Å². The van der Waals surface area contributed by atoms with Crippen molar-refractivity contribution >= 4 is 23.0 Å². The zero-order valence-corrected chi connectivity index (χ0v) is 11.1. The van der Waals surface area contributed by atoms with E-state index in [0.717, 1.165) is 10.0 Å². The number of hydrogen-bond donors (Lipinski definition) is 0. The standard InChI is InChI=1S/C14H17NS/c1-10-5-6-12-11(9-10)7-8-15(13(12)16)14(2,3)4/h5-9H,1-4H3. The van der Waals surface area contributed by atoms with E-state index in [9.17, 15) is 0 Å². The second kappa shape index (κ2) is 3.70. The molecule has 84 valence electrons. The van der Waals surface area contributed by atoms with Crippen molar-refractivity contribution in [2.45, 2.75) is 33.2 Å². The summed E-state index contributed by atoms with van der Waals surface area (Å²) < 4.78 is 3.07. The number of nitrogens with zero attached hydrogens (tertiary/aromatic N) is 1. The summed E-state index contributed by atoms with van der Waals surface area (Å²) in [6.45, 7) is 8.61. The molecule has 0 amide bonds. The summed E-state index contributed by atoms with van der Waals surface area (Å²) >= 11 is 5.55. The van der Waals surface area contributed by atoms with Gasteiger partial charge in [0, 0.05) is 17.1 Å². The van der Waals surface area contributed by atoms with Gasteiger partial charge in [0.15, 0.2) is 0 Å². The van der Waals surface area contributed by atoms with E-state index in [-0.39, 0.29) is 5.54 Å². The third-order valence-corrected chi connectivity index (χ3v) is 3.20. The second-order valence-electron chi connectivity index (χ2n) is 5.25. The maximum Gasteiger partial charge on any atom is 0.114 e. The van der Waals surface area contributed by atoms with Crippen molar-refractivity contribution in [1.29, 1.82) is 0 Å². The van der Waals surface area contributed by atoms with Gasteiger partial charge >= 0.3 is 0 Å². The third-order valence-electron chi connectivity index (χ3n) is 2.78. The zero-order valence-electron chi connectivity index (χ0n) is 10.2. The molecule has 1 heterocycles. The van der Waals surface area contributed by atoms with Gasteiger partial charge in [-0.2, -0.15) is 0 Å². The summed E-state index contributed by atoms with van der Waals surface area (Å²) in [4.78, 5) is 0. The van der Waals surface area contributed by atoms with Crippen molar-refractivity contribution in [2.24, 2.45) is 0 Å². The first-order chi connectivity index (χ1) is 7.39. The van der Waals surface area contributed by atoms with Crippen LogP contribution in [0.15, 0.2) is 30.5 Å². The Balaban J connectivity index is 2.81. The Morgan fingerprint density at radius 3 is 2.44 bits per heavy atom. The Kier molecular flexibility index (Phi) is 2.62. The van der Waals surface area contributed by atoms with Crippen LogP contribution in [0.3, 0.4) is 0 Å². The molecule has 0 fully saturated rings. The lowest BCUT2D eigenvalue weighted by molar-refractivity contribution is 0.392. The van der Waals surface area contributed by atoms with E-state index in [1.807, 2.05) is 0 Å². The van der Waals surface area contributed by atoms with Crippen molar-refractivity contribution < 1.29 is 0 Å². The summed E-state index contributed by atoms with van der Waals surface area (Å²) in [5.74, 6) is 0. The van der Waals surface area contributed by atoms with Crippen LogP contribution in [0.2, 0.25) is 0 Å². The van der Waals surface area contributed by atoms with Gasteiger partial charge in [0.05, 0.1) is 0 Å². The highest BCUT2D eigenvalue weighted by molar-refractivity contribution is 7.71. The molecule has 0 N–H and O–H groups in total. The largest absolute Gasteiger partial charge is 0.333 e. The first-order valence-electron chi connectivity index (χ1n) is 5.52. The fourth-order valence-electron chi connectivity index (χ4n) is 1.90. The van der Waals surface area contributed by atoms with Crippen LogP contribution in [-0.2, 0) is 5.54 Å². The van der Waals surface area contributed by atoms with Crippen molar-refractivity contribution in [3.05, 3.63) is 40.7 Å². The topological polar surface area (TPSA) is 4.93 Å². The molecular weight excluding hydrogens is 214 g/mol. The Morgan fingerprint density at radius 1 is 1.12 bits per heavy atom. The number of rotatable bonds is 0. The van der Waals surface area contributed by atoms with Crippen LogP contribution in [-0.4, -0.2) is 4.57 Å². The van der Waals surface area contributed by atoms with E-state index < -0.39 is 0 Å². The average Bonchev–Trinajstić information content (AvgIpc) is 2.15. The van der Waals surface area contributed by atoms with Crippen LogP contribution in [0.25, 0.3) is 10.8 Å². The number of benzene rings is 1. The van der Waals surface area contributed by atoms with E-state index in [1.165, 1.54) is 10.9 Å². The van der Waals surface area contributed by atoms with Gasteiger partial charge in [-0.05, 0) is 39.1 Å². The summed E-state index contributed by atoms with van der Waals surface area (Å²) in [6.07, 6.45) is 2.09. The second-order valence-corrected chi connectivity index (χ2v) is 5.64. The molecule has 0 bridgehead atoms. The first-order valence-corrected chi connectivity index (χ1v) is 5.93. The molecule has 0 aliphatic rings. The molecule has 1 aromatic carbocycles. The predicted molar refractivity (Wildman–Crippen MR) is 72.5 cm³/mol. The molecule has 0 atom stereocenters. The van der Waals surface area contributed by atoms with Crippen LogP contribution in [0.1, 0.15) is 26.3 Å². The van der Waals surface area contributed by atoms with E-state index in [1.54, 1.807) is 0 Å². The molecule has 0 aliphatic carbocycles. The van der Waals surface area contributed by atoms with Gasteiger partial charge in [0.2, 0.25) is 0 Å². The van der Waals surface area contributed by atoms with Gasteiger partial charge in [-0.3, -0.25) is 0 Å². The normalized spacial score (nSPS) is 12.0. The van der Waals surface area contributed by atoms with E-state index in [4.69, 9.17) is 12.2 Å². The minimum absolute atomic E-state index is 0.0379. The molecule has 0 aliphatic heterocycles. The summed E-state index contributed by atoms with van der Waals surface area (Å²) in [5.41, 5.74) is 1.31. The molecule has 0 radical (unpaired) electrons. The fraction of sp³-hybridized carbons (Fsp3) is 0.357. The highest BCUT2D eigenvalue weighted by Gasteiger charge is 2.13. The zero-order chi connectivity index (χ0) is 11.9. The lowest BCUT2D eigenvalue weighted by atomic mass is 10.1. The van der Waals surface area contributed by atoms with Crippen molar-refractivity contribution in [1.82, 2.24) is 4.57 Å². The number of pyridine rings is 1. The number of hydrogen-bond acceptors (Lipinski definition) is 1. The Labute approximate surface area is 102 Å². The molecule has 0 unspecified atom stereocenters. The highest BCUT2D eigenvalue weighted by atomic mass is 32.1.